The summed E-state index contributed by atoms with van der Waals surface area (Å²) in [4.78, 5) is 0. The molecular formula is C17H19NO2. The minimum absolute atomic E-state index is 0.543. The van der Waals surface area contributed by atoms with E-state index in [1.165, 1.54) is 5.56 Å². The fraction of sp³-hybridized carbons (Fsp3) is 0.294. The van der Waals surface area contributed by atoms with Gasteiger partial charge in [-0.05, 0) is 36.3 Å². The molecule has 0 spiro atoms. The molecule has 0 radical (unpaired) electrons. The summed E-state index contributed by atoms with van der Waals surface area (Å²) in [6.45, 7) is 2.61. The van der Waals surface area contributed by atoms with Crippen molar-refractivity contribution in [3.8, 4) is 5.75 Å². The third kappa shape index (κ3) is 3.31. The minimum Gasteiger partial charge on any atom is -0.493 e. The molecule has 1 aromatic heterocycles. The summed E-state index contributed by atoms with van der Waals surface area (Å²) in [7, 11) is 0. The third-order valence-corrected chi connectivity index (χ3v) is 3.48. The first kappa shape index (κ1) is 13.0. The Balaban J connectivity index is 1.42. The molecule has 1 aliphatic heterocycles. The van der Waals surface area contributed by atoms with Crippen LogP contribution in [0.2, 0.25) is 0 Å². The zero-order chi connectivity index (χ0) is 13.6. The van der Waals surface area contributed by atoms with E-state index in [1.54, 1.807) is 6.26 Å². The largest absolute Gasteiger partial charge is 0.493 e. The van der Waals surface area contributed by atoms with Crippen LogP contribution in [0.25, 0.3) is 6.08 Å². The summed E-state index contributed by atoms with van der Waals surface area (Å²) in [5.41, 5.74) is 1.32. The van der Waals surface area contributed by atoms with E-state index in [2.05, 4.69) is 23.5 Å². The average Bonchev–Trinajstić information content (AvgIpc) is 3.00. The zero-order valence-corrected chi connectivity index (χ0v) is 11.4. The Morgan fingerprint density at radius 2 is 2.15 bits per heavy atom. The highest BCUT2D eigenvalue weighted by Gasteiger charge is 2.18. The van der Waals surface area contributed by atoms with Crippen LogP contribution in [0.15, 0.2) is 53.2 Å². The van der Waals surface area contributed by atoms with Crippen LogP contribution in [0.3, 0.4) is 0 Å². The lowest BCUT2D eigenvalue weighted by Gasteiger charge is -2.25. The van der Waals surface area contributed by atoms with Crippen LogP contribution in [0.4, 0.5) is 0 Å². The summed E-state index contributed by atoms with van der Waals surface area (Å²) in [5, 5.41) is 3.44. The number of fused-ring (bicyclic) bond motifs is 1. The predicted octanol–water partition coefficient (Wildman–Crippen LogP) is 3.13. The minimum atomic E-state index is 0.543. The molecule has 0 fully saturated rings. The molecule has 0 amide bonds. The Morgan fingerprint density at radius 3 is 3.05 bits per heavy atom. The molecule has 1 aliphatic rings. The van der Waals surface area contributed by atoms with Crippen molar-refractivity contribution in [3.63, 3.8) is 0 Å². The Kier molecular flexibility index (Phi) is 4.19. The Labute approximate surface area is 119 Å². The Morgan fingerprint density at radius 1 is 1.20 bits per heavy atom. The summed E-state index contributed by atoms with van der Waals surface area (Å²) in [6.07, 6.45) is 6.84. The topological polar surface area (TPSA) is 34.4 Å². The predicted molar refractivity (Wildman–Crippen MR) is 79.7 cm³/mol. The fourth-order valence-corrected chi connectivity index (χ4v) is 2.45. The van der Waals surface area contributed by atoms with E-state index in [1.807, 2.05) is 30.3 Å². The van der Waals surface area contributed by atoms with Crippen LogP contribution < -0.4 is 10.1 Å². The van der Waals surface area contributed by atoms with Crippen molar-refractivity contribution in [3.05, 3.63) is 60.1 Å². The van der Waals surface area contributed by atoms with Gasteiger partial charge in [0.25, 0.3) is 0 Å². The normalized spacial score (nSPS) is 17.9. The molecule has 1 unspecified atom stereocenters. The summed E-state index contributed by atoms with van der Waals surface area (Å²) < 4.78 is 11.0. The van der Waals surface area contributed by atoms with Crippen LogP contribution in [-0.2, 0) is 6.42 Å². The third-order valence-electron chi connectivity index (χ3n) is 3.48. The average molecular weight is 269 g/mol. The highest BCUT2D eigenvalue weighted by molar-refractivity contribution is 5.42. The van der Waals surface area contributed by atoms with Gasteiger partial charge >= 0.3 is 0 Å². The number of benzene rings is 1. The van der Waals surface area contributed by atoms with Crippen LogP contribution >= 0.6 is 0 Å². The summed E-state index contributed by atoms with van der Waals surface area (Å²) in [6, 6.07) is 12.1. The molecule has 3 heteroatoms. The van der Waals surface area contributed by atoms with Gasteiger partial charge in [0.1, 0.15) is 11.5 Å². The van der Waals surface area contributed by atoms with Gasteiger partial charge in [0.05, 0.1) is 12.9 Å². The molecule has 3 nitrogen and oxygen atoms in total. The maximum atomic E-state index is 5.78. The first-order valence-electron chi connectivity index (χ1n) is 7.03. The molecule has 20 heavy (non-hydrogen) atoms. The van der Waals surface area contributed by atoms with Gasteiger partial charge in [-0.15, -0.1) is 0 Å². The molecule has 2 heterocycles. The Bertz CT molecular complexity index is 560. The number of para-hydroxylation sites is 1. The van der Waals surface area contributed by atoms with Gasteiger partial charge in [0, 0.05) is 19.0 Å². The monoisotopic (exact) mass is 269 g/mol. The number of nitrogens with one attached hydrogen (secondary N) is 1. The van der Waals surface area contributed by atoms with Crippen molar-refractivity contribution >= 4 is 6.08 Å². The SMILES string of the molecule is C(=Cc1ccco1)CNCC1COc2ccccc2C1. The Hall–Kier alpha value is -2.00. The second kappa shape index (κ2) is 6.44. The molecule has 2 aromatic rings. The summed E-state index contributed by atoms with van der Waals surface area (Å²) >= 11 is 0. The summed E-state index contributed by atoms with van der Waals surface area (Å²) in [5.74, 6) is 2.48. The van der Waals surface area contributed by atoms with Gasteiger partial charge in [-0.2, -0.15) is 0 Å². The van der Waals surface area contributed by atoms with Crippen LogP contribution in [0.1, 0.15) is 11.3 Å². The van der Waals surface area contributed by atoms with Crippen molar-refractivity contribution in [2.24, 2.45) is 5.92 Å². The zero-order valence-electron chi connectivity index (χ0n) is 11.4. The van der Waals surface area contributed by atoms with Crippen molar-refractivity contribution in [1.82, 2.24) is 5.32 Å². The highest BCUT2D eigenvalue weighted by atomic mass is 16.5. The molecule has 0 saturated heterocycles. The molecule has 1 atom stereocenters. The van der Waals surface area contributed by atoms with Crippen molar-refractivity contribution in [2.45, 2.75) is 6.42 Å². The van der Waals surface area contributed by atoms with Crippen LogP contribution in [0, 0.1) is 5.92 Å². The molecular weight excluding hydrogens is 250 g/mol. The number of furan rings is 1. The standard InChI is InChI=1S/C17H19NO2/c1-2-8-17-15(5-1)11-14(13-20-17)12-18-9-3-6-16-7-4-10-19-16/h1-8,10,14,18H,9,11-13H2. The second-order valence-electron chi connectivity index (χ2n) is 5.06. The first-order chi connectivity index (χ1) is 9.92. The van der Waals surface area contributed by atoms with Gasteiger partial charge in [0.2, 0.25) is 0 Å². The van der Waals surface area contributed by atoms with Gasteiger partial charge in [-0.3, -0.25) is 0 Å². The van der Waals surface area contributed by atoms with E-state index >= 15 is 0 Å². The number of ether oxygens (including phenoxy) is 1. The lowest BCUT2D eigenvalue weighted by Crippen LogP contribution is -2.31. The van der Waals surface area contributed by atoms with E-state index in [0.29, 0.717) is 5.92 Å². The van der Waals surface area contributed by atoms with Gasteiger partial charge < -0.3 is 14.5 Å². The molecule has 104 valence electrons. The highest BCUT2D eigenvalue weighted by Crippen LogP contribution is 2.26. The molecule has 0 bridgehead atoms. The van der Waals surface area contributed by atoms with Crippen molar-refractivity contribution < 1.29 is 9.15 Å². The smallest absolute Gasteiger partial charge is 0.126 e. The molecule has 1 N–H and O–H groups in total. The lowest BCUT2D eigenvalue weighted by molar-refractivity contribution is 0.219. The fourth-order valence-electron chi connectivity index (χ4n) is 2.45. The quantitative estimate of drug-likeness (QED) is 0.847. The number of hydrogen-bond donors (Lipinski definition) is 1. The first-order valence-corrected chi connectivity index (χ1v) is 7.03. The molecule has 0 saturated carbocycles. The van der Waals surface area contributed by atoms with E-state index in [0.717, 1.165) is 37.6 Å². The van der Waals surface area contributed by atoms with Crippen molar-refractivity contribution in [1.29, 1.82) is 0 Å². The van der Waals surface area contributed by atoms with Crippen LogP contribution in [-0.4, -0.2) is 19.7 Å². The van der Waals surface area contributed by atoms with Gasteiger partial charge in [-0.1, -0.05) is 24.3 Å². The molecule has 0 aliphatic carbocycles. The maximum absolute atomic E-state index is 5.78. The van der Waals surface area contributed by atoms with Crippen molar-refractivity contribution in [2.75, 3.05) is 19.7 Å². The number of hydrogen-bond acceptors (Lipinski definition) is 3. The second-order valence-corrected chi connectivity index (χ2v) is 5.06. The lowest BCUT2D eigenvalue weighted by atomic mass is 9.97. The van der Waals surface area contributed by atoms with Crippen LogP contribution in [0.5, 0.6) is 5.75 Å². The van der Waals surface area contributed by atoms with E-state index in [-0.39, 0.29) is 0 Å². The van der Waals surface area contributed by atoms with E-state index < -0.39 is 0 Å². The van der Waals surface area contributed by atoms with Gasteiger partial charge in [-0.25, -0.2) is 0 Å². The molecule has 1 aromatic carbocycles. The van der Waals surface area contributed by atoms with E-state index in [4.69, 9.17) is 9.15 Å². The van der Waals surface area contributed by atoms with E-state index in [9.17, 15) is 0 Å². The van der Waals surface area contributed by atoms with Gasteiger partial charge in [0.15, 0.2) is 0 Å². The maximum Gasteiger partial charge on any atom is 0.126 e. The molecule has 3 rings (SSSR count). The number of rotatable bonds is 5.